The quantitative estimate of drug-likeness (QED) is 0.712. The van der Waals surface area contributed by atoms with Gasteiger partial charge >= 0.3 is 0 Å². The van der Waals surface area contributed by atoms with Crippen LogP contribution in [0, 0.1) is 13.8 Å². The number of aryl methyl sites for hydroxylation is 2. The lowest BCUT2D eigenvalue weighted by atomic mass is 10.1. The number of amides is 1. The van der Waals surface area contributed by atoms with Gasteiger partial charge in [0.05, 0.1) is 22.0 Å². The highest BCUT2D eigenvalue weighted by molar-refractivity contribution is 7.16. The number of aromatic nitrogens is 1. The number of hydrogen-bond acceptors (Lipinski definition) is 4. The van der Waals surface area contributed by atoms with Crippen LogP contribution in [0.3, 0.4) is 0 Å². The van der Waals surface area contributed by atoms with Crippen molar-refractivity contribution in [3.8, 4) is 10.6 Å². The number of thiophene rings is 1. The predicted octanol–water partition coefficient (Wildman–Crippen LogP) is 4.39. The monoisotopic (exact) mass is 356 g/mol. The molecule has 3 aromatic rings. The van der Waals surface area contributed by atoms with Crippen LogP contribution in [-0.4, -0.2) is 17.4 Å². The summed E-state index contributed by atoms with van der Waals surface area (Å²) in [6.07, 6.45) is 1.29. The van der Waals surface area contributed by atoms with Crippen molar-refractivity contribution in [2.45, 2.75) is 26.7 Å². The number of carbonyl (C=O) groups is 1. The molecule has 3 nitrogen and oxygen atoms in total. The average Bonchev–Trinajstić information content (AvgIpc) is 3.18. The maximum atomic E-state index is 12.0. The predicted molar refractivity (Wildman–Crippen MR) is 102 cm³/mol. The smallest absolute Gasteiger partial charge is 0.224 e. The number of hydrogen-bond donors (Lipinski definition) is 1. The number of nitrogens with zero attached hydrogens (tertiary/aromatic N) is 1. The molecular weight excluding hydrogens is 336 g/mol. The number of carbonyl (C=O) groups excluding carboxylic acids is 1. The highest BCUT2D eigenvalue weighted by Crippen LogP contribution is 2.29. The van der Waals surface area contributed by atoms with Crippen LogP contribution in [-0.2, 0) is 17.6 Å². The van der Waals surface area contributed by atoms with Crippen LogP contribution in [0.15, 0.2) is 41.8 Å². The molecule has 0 atom stereocenters. The van der Waals surface area contributed by atoms with Crippen molar-refractivity contribution in [2.24, 2.45) is 0 Å². The van der Waals surface area contributed by atoms with E-state index in [0.717, 1.165) is 22.7 Å². The molecule has 0 aliphatic heterocycles. The van der Waals surface area contributed by atoms with Crippen LogP contribution in [0.5, 0.6) is 0 Å². The molecule has 0 saturated carbocycles. The van der Waals surface area contributed by atoms with E-state index in [1.807, 2.05) is 38.1 Å². The molecule has 2 heterocycles. The van der Waals surface area contributed by atoms with E-state index in [9.17, 15) is 4.79 Å². The van der Waals surface area contributed by atoms with E-state index < -0.39 is 0 Å². The Hall–Kier alpha value is -1.98. The first kappa shape index (κ1) is 16.9. The number of benzene rings is 1. The lowest BCUT2D eigenvalue weighted by Gasteiger charge is -2.05. The van der Waals surface area contributed by atoms with Crippen molar-refractivity contribution in [1.82, 2.24) is 10.3 Å². The van der Waals surface area contributed by atoms with Gasteiger partial charge in [0.2, 0.25) is 5.91 Å². The van der Waals surface area contributed by atoms with Crippen molar-refractivity contribution < 1.29 is 4.79 Å². The van der Waals surface area contributed by atoms with Gasteiger partial charge in [0, 0.05) is 16.8 Å². The second-order valence-electron chi connectivity index (χ2n) is 5.78. The lowest BCUT2D eigenvalue weighted by molar-refractivity contribution is -0.120. The topological polar surface area (TPSA) is 42.0 Å². The molecule has 24 heavy (non-hydrogen) atoms. The Morgan fingerprint density at radius 1 is 1.12 bits per heavy atom. The van der Waals surface area contributed by atoms with Gasteiger partial charge in [0.1, 0.15) is 0 Å². The zero-order valence-electron chi connectivity index (χ0n) is 13.8. The molecule has 0 spiro atoms. The molecule has 0 bridgehead atoms. The first-order valence-electron chi connectivity index (χ1n) is 7.93. The SMILES string of the molecule is Cc1ccc(CC(=O)NCCc2ccc(-c3csc(C)n3)s2)cc1. The number of thiazole rings is 1. The van der Waals surface area contributed by atoms with Gasteiger partial charge in [0.15, 0.2) is 0 Å². The van der Waals surface area contributed by atoms with Crippen LogP contribution in [0.1, 0.15) is 21.0 Å². The average molecular weight is 357 g/mol. The molecule has 1 N–H and O–H groups in total. The largest absolute Gasteiger partial charge is 0.355 e. The van der Waals surface area contributed by atoms with Crippen molar-refractivity contribution in [3.05, 3.63) is 62.8 Å². The third-order valence-electron chi connectivity index (χ3n) is 3.71. The normalized spacial score (nSPS) is 10.8. The molecule has 2 aromatic heterocycles. The Bertz CT molecular complexity index is 818. The zero-order valence-corrected chi connectivity index (χ0v) is 15.5. The van der Waals surface area contributed by atoms with Crippen LogP contribution >= 0.6 is 22.7 Å². The summed E-state index contributed by atoms with van der Waals surface area (Å²) in [6, 6.07) is 12.3. The van der Waals surface area contributed by atoms with Crippen molar-refractivity contribution in [3.63, 3.8) is 0 Å². The second-order valence-corrected chi connectivity index (χ2v) is 8.01. The summed E-state index contributed by atoms with van der Waals surface area (Å²) in [4.78, 5) is 19.0. The molecular formula is C19H20N2OS2. The maximum Gasteiger partial charge on any atom is 0.224 e. The molecule has 5 heteroatoms. The van der Waals surface area contributed by atoms with Gasteiger partial charge in [0.25, 0.3) is 0 Å². The highest BCUT2D eigenvalue weighted by Gasteiger charge is 2.07. The molecule has 0 fully saturated rings. The van der Waals surface area contributed by atoms with Crippen molar-refractivity contribution in [2.75, 3.05) is 6.54 Å². The van der Waals surface area contributed by atoms with Gasteiger partial charge < -0.3 is 5.32 Å². The van der Waals surface area contributed by atoms with E-state index in [0.29, 0.717) is 13.0 Å². The molecule has 0 saturated heterocycles. The Balaban J connectivity index is 1.47. The summed E-state index contributed by atoms with van der Waals surface area (Å²) in [5, 5.41) is 6.18. The maximum absolute atomic E-state index is 12.0. The molecule has 1 aromatic carbocycles. The van der Waals surface area contributed by atoms with Crippen LogP contribution in [0.25, 0.3) is 10.6 Å². The van der Waals surface area contributed by atoms with E-state index in [-0.39, 0.29) is 5.91 Å². The third kappa shape index (κ3) is 4.52. The van der Waals surface area contributed by atoms with Gasteiger partial charge in [-0.3, -0.25) is 4.79 Å². The van der Waals surface area contributed by atoms with E-state index in [1.54, 1.807) is 22.7 Å². The summed E-state index contributed by atoms with van der Waals surface area (Å²) in [7, 11) is 0. The molecule has 3 rings (SSSR count). The summed E-state index contributed by atoms with van der Waals surface area (Å²) in [6.45, 7) is 4.74. The summed E-state index contributed by atoms with van der Waals surface area (Å²) in [5.41, 5.74) is 3.32. The van der Waals surface area contributed by atoms with E-state index in [4.69, 9.17) is 0 Å². The van der Waals surface area contributed by atoms with Crippen molar-refractivity contribution >= 4 is 28.6 Å². The Morgan fingerprint density at radius 2 is 1.92 bits per heavy atom. The van der Waals surface area contributed by atoms with E-state index in [1.165, 1.54) is 15.3 Å². The number of rotatable bonds is 6. The molecule has 0 aliphatic carbocycles. The fourth-order valence-electron chi connectivity index (χ4n) is 2.41. The summed E-state index contributed by atoms with van der Waals surface area (Å²) < 4.78 is 0. The van der Waals surface area contributed by atoms with Gasteiger partial charge in [-0.05, 0) is 38.0 Å². The Morgan fingerprint density at radius 3 is 2.62 bits per heavy atom. The van der Waals surface area contributed by atoms with Gasteiger partial charge in [-0.15, -0.1) is 22.7 Å². The Kier molecular flexibility index (Phi) is 5.43. The fourth-order valence-corrected chi connectivity index (χ4v) is 4.06. The second kappa shape index (κ2) is 7.73. The first-order chi connectivity index (χ1) is 11.6. The highest BCUT2D eigenvalue weighted by atomic mass is 32.1. The van der Waals surface area contributed by atoms with Crippen LogP contribution < -0.4 is 5.32 Å². The molecule has 0 radical (unpaired) electrons. The summed E-state index contributed by atoms with van der Waals surface area (Å²) >= 11 is 3.42. The minimum absolute atomic E-state index is 0.0748. The van der Waals surface area contributed by atoms with Crippen LogP contribution in [0.4, 0.5) is 0 Å². The van der Waals surface area contributed by atoms with E-state index >= 15 is 0 Å². The Labute approximate surface area is 150 Å². The minimum Gasteiger partial charge on any atom is -0.355 e. The van der Waals surface area contributed by atoms with Gasteiger partial charge in [-0.2, -0.15) is 0 Å². The third-order valence-corrected chi connectivity index (χ3v) is 5.65. The standard InChI is InChI=1S/C19H20N2OS2/c1-13-3-5-15(6-4-13)11-19(22)20-10-9-16-7-8-18(24-16)17-12-23-14(2)21-17/h3-8,12H,9-11H2,1-2H3,(H,20,22). The minimum atomic E-state index is 0.0748. The number of nitrogens with one attached hydrogen (secondary N) is 1. The molecule has 124 valence electrons. The zero-order chi connectivity index (χ0) is 16.9. The summed E-state index contributed by atoms with van der Waals surface area (Å²) in [5.74, 6) is 0.0748. The lowest BCUT2D eigenvalue weighted by Crippen LogP contribution is -2.27. The van der Waals surface area contributed by atoms with Gasteiger partial charge in [-0.25, -0.2) is 4.98 Å². The molecule has 1 amide bonds. The molecule has 0 unspecified atom stereocenters. The van der Waals surface area contributed by atoms with Gasteiger partial charge in [-0.1, -0.05) is 29.8 Å². The van der Waals surface area contributed by atoms with E-state index in [2.05, 4.69) is 27.8 Å². The van der Waals surface area contributed by atoms with Crippen molar-refractivity contribution in [1.29, 1.82) is 0 Å². The van der Waals surface area contributed by atoms with Crippen LogP contribution in [0.2, 0.25) is 0 Å². The fraction of sp³-hybridized carbons (Fsp3) is 0.263. The first-order valence-corrected chi connectivity index (χ1v) is 9.63. The molecule has 0 aliphatic rings.